The molecule has 2 N–H and O–H groups in total. The number of aliphatic hydroxyl groups is 1. The van der Waals surface area contributed by atoms with Gasteiger partial charge in [0.2, 0.25) is 5.95 Å². The van der Waals surface area contributed by atoms with Gasteiger partial charge in [-0.2, -0.15) is 0 Å². The van der Waals surface area contributed by atoms with E-state index in [0.717, 1.165) is 17.0 Å². The van der Waals surface area contributed by atoms with Gasteiger partial charge in [0.05, 0.1) is 17.1 Å². The highest BCUT2D eigenvalue weighted by Gasteiger charge is 2.06. The van der Waals surface area contributed by atoms with E-state index in [1.165, 1.54) is 0 Å². The molecule has 0 aliphatic carbocycles. The Hall–Kier alpha value is -1.55. The summed E-state index contributed by atoms with van der Waals surface area (Å²) in [6.07, 6.45) is -0.371. The Kier molecular flexibility index (Phi) is 2.60. The number of benzene rings is 1. The number of nitrogens with zero attached hydrogens (tertiary/aromatic N) is 2. The van der Waals surface area contributed by atoms with Crippen molar-refractivity contribution in [2.24, 2.45) is 7.05 Å². The molecule has 1 aromatic carbocycles. The van der Waals surface area contributed by atoms with Crippen LogP contribution in [0.3, 0.4) is 0 Å². The lowest BCUT2D eigenvalue weighted by Crippen LogP contribution is -2.17. The minimum absolute atomic E-state index is 0.371. The Morgan fingerprint density at radius 1 is 1.47 bits per heavy atom. The largest absolute Gasteiger partial charge is 0.392 e. The highest BCUT2D eigenvalue weighted by Crippen LogP contribution is 2.17. The van der Waals surface area contributed by atoms with Crippen LogP contribution in [0.25, 0.3) is 11.0 Å². The Labute approximate surface area is 88.6 Å². The van der Waals surface area contributed by atoms with Crippen LogP contribution >= 0.6 is 0 Å². The molecule has 80 valence electrons. The molecule has 0 saturated heterocycles. The monoisotopic (exact) mass is 205 g/mol. The third kappa shape index (κ3) is 1.94. The molecule has 0 amide bonds. The zero-order valence-electron chi connectivity index (χ0n) is 8.94. The molecule has 0 saturated carbocycles. The standard InChI is InChI=1S/C11H15N3O/c1-8(15)7-12-11-13-9-5-3-4-6-10(9)14(11)2/h3-6,8,15H,7H2,1-2H3,(H,12,13)/t8-/m1/s1. The van der Waals surface area contributed by atoms with Crippen LogP contribution in [0.2, 0.25) is 0 Å². The molecule has 15 heavy (non-hydrogen) atoms. The van der Waals surface area contributed by atoms with E-state index in [4.69, 9.17) is 0 Å². The normalized spacial score (nSPS) is 13.0. The smallest absolute Gasteiger partial charge is 0.203 e. The zero-order valence-corrected chi connectivity index (χ0v) is 8.94. The number of fused-ring (bicyclic) bond motifs is 1. The second-order valence-electron chi connectivity index (χ2n) is 3.71. The molecule has 1 aromatic heterocycles. The highest BCUT2D eigenvalue weighted by molar-refractivity contribution is 5.78. The first-order valence-electron chi connectivity index (χ1n) is 5.02. The molecule has 0 fully saturated rings. The first-order chi connectivity index (χ1) is 7.18. The summed E-state index contributed by atoms with van der Waals surface area (Å²) in [5.41, 5.74) is 2.05. The number of para-hydroxylation sites is 2. The number of aliphatic hydroxyl groups excluding tert-OH is 1. The van der Waals surface area contributed by atoms with Crippen molar-refractivity contribution in [3.05, 3.63) is 24.3 Å². The van der Waals surface area contributed by atoms with E-state index in [1.807, 2.05) is 35.9 Å². The van der Waals surface area contributed by atoms with Gasteiger partial charge in [-0.05, 0) is 19.1 Å². The highest BCUT2D eigenvalue weighted by atomic mass is 16.3. The predicted molar refractivity (Wildman–Crippen MR) is 60.9 cm³/mol. The Bertz CT molecular complexity index is 462. The summed E-state index contributed by atoms with van der Waals surface area (Å²) < 4.78 is 1.98. The molecule has 1 heterocycles. The lowest BCUT2D eigenvalue weighted by atomic mass is 10.3. The molecular weight excluding hydrogens is 190 g/mol. The minimum atomic E-state index is -0.371. The van der Waals surface area contributed by atoms with Crippen LogP contribution in [0.1, 0.15) is 6.92 Å². The van der Waals surface area contributed by atoms with Crippen molar-refractivity contribution in [1.82, 2.24) is 9.55 Å². The maximum absolute atomic E-state index is 9.18. The molecule has 4 nitrogen and oxygen atoms in total. The van der Waals surface area contributed by atoms with E-state index in [2.05, 4.69) is 10.3 Å². The molecule has 1 atom stereocenters. The maximum Gasteiger partial charge on any atom is 0.203 e. The summed E-state index contributed by atoms with van der Waals surface area (Å²) in [5.74, 6) is 0.789. The van der Waals surface area contributed by atoms with Crippen LogP contribution in [0.4, 0.5) is 5.95 Å². The summed E-state index contributed by atoms with van der Waals surface area (Å²) in [6, 6.07) is 7.95. The van der Waals surface area contributed by atoms with Crippen molar-refractivity contribution in [3.63, 3.8) is 0 Å². The first-order valence-corrected chi connectivity index (χ1v) is 5.02. The number of hydrogen-bond acceptors (Lipinski definition) is 3. The fourth-order valence-corrected chi connectivity index (χ4v) is 1.54. The molecule has 4 heteroatoms. The summed E-state index contributed by atoms with van der Waals surface area (Å²) in [6.45, 7) is 2.26. The Morgan fingerprint density at radius 3 is 2.87 bits per heavy atom. The number of hydrogen-bond donors (Lipinski definition) is 2. The van der Waals surface area contributed by atoms with Gasteiger partial charge in [-0.15, -0.1) is 0 Å². The summed E-state index contributed by atoms with van der Waals surface area (Å²) in [5, 5.41) is 12.3. The molecule has 2 rings (SSSR count). The molecule has 0 aliphatic rings. The quantitative estimate of drug-likeness (QED) is 0.795. The van der Waals surface area contributed by atoms with Crippen LogP contribution < -0.4 is 5.32 Å². The van der Waals surface area contributed by atoms with E-state index in [-0.39, 0.29) is 6.10 Å². The average molecular weight is 205 g/mol. The van der Waals surface area contributed by atoms with Gasteiger partial charge in [-0.3, -0.25) is 0 Å². The molecule has 0 spiro atoms. The van der Waals surface area contributed by atoms with Crippen LogP contribution in [-0.2, 0) is 7.05 Å². The van der Waals surface area contributed by atoms with Crippen LogP contribution in [-0.4, -0.2) is 27.3 Å². The fraction of sp³-hybridized carbons (Fsp3) is 0.364. The van der Waals surface area contributed by atoms with Gasteiger partial charge >= 0.3 is 0 Å². The average Bonchev–Trinajstić information content (AvgIpc) is 2.54. The number of imidazole rings is 1. The summed E-state index contributed by atoms with van der Waals surface area (Å²) in [4.78, 5) is 4.42. The van der Waals surface area contributed by atoms with Crippen molar-refractivity contribution in [2.45, 2.75) is 13.0 Å². The maximum atomic E-state index is 9.18. The van der Waals surface area contributed by atoms with Gasteiger partial charge < -0.3 is 15.0 Å². The van der Waals surface area contributed by atoms with Crippen LogP contribution in [0, 0.1) is 0 Å². The fourth-order valence-electron chi connectivity index (χ4n) is 1.54. The first kappa shape index (κ1) is 9.98. The minimum Gasteiger partial charge on any atom is -0.392 e. The van der Waals surface area contributed by atoms with Gasteiger partial charge in [-0.25, -0.2) is 4.98 Å². The SMILES string of the molecule is C[C@@H](O)CNc1nc2ccccc2n1C. The van der Waals surface area contributed by atoms with Crippen molar-refractivity contribution in [1.29, 1.82) is 0 Å². The predicted octanol–water partition coefficient (Wildman–Crippen LogP) is 1.37. The number of aromatic nitrogens is 2. The Morgan fingerprint density at radius 2 is 2.20 bits per heavy atom. The summed E-state index contributed by atoms with van der Waals surface area (Å²) in [7, 11) is 1.96. The third-order valence-electron chi connectivity index (χ3n) is 2.34. The van der Waals surface area contributed by atoms with E-state index in [9.17, 15) is 5.11 Å². The summed E-state index contributed by atoms with van der Waals surface area (Å²) >= 11 is 0. The molecule has 0 aliphatic heterocycles. The number of aryl methyl sites for hydroxylation is 1. The van der Waals surface area contributed by atoms with Gasteiger partial charge in [-0.1, -0.05) is 12.1 Å². The van der Waals surface area contributed by atoms with Gasteiger partial charge in [0.15, 0.2) is 0 Å². The van der Waals surface area contributed by atoms with Crippen molar-refractivity contribution < 1.29 is 5.11 Å². The zero-order chi connectivity index (χ0) is 10.8. The van der Waals surface area contributed by atoms with E-state index in [0.29, 0.717) is 6.54 Å². The van der Waals surface area contributed by atoms with Gasteiger partial charge in [0, 0.05) is 13.6 Å². The second-order valence-corrected chi connectivity index (χ2v) is 3.71. The van der Waals surface area contributed by atoms with Crippen molar-refractivity contribution >= 4 is 17.0 Å². The van der Waals surface area contributed by atoms with Gasteiger partial charge in [0.25, 0.3) is 0 Å². The topological polar surface area (TPSA) is 50.1 Å². The van der Waals surface area contributed by atoms with Crippen molar-refractivity contribution in [3.8, 4) is 0 Å². The lowest BCUT2D eigenvalue weighted by molar-refractivity contribution is 0.208. The third-order valence-corrected chi connectivity index (χ3v) is 2.34. The van der Waals surface area contributed by atoms with Crippen LogP contribution in [0.15, 0.2) is 24.3 Å². The van der Waals surface area contributed by atoms with Crippen molar-refractivity contribution in [2.75, 3.05) is 11.9 Å². The molecular formula is C11H15N3O. The molecule has 0 unspecified atom stereocenters. The van der Waals surface area contributed by atoms with E-state index in [1.54, 1.807) is 6.92 Å². The van der Waals surface area contributed by atoms with E-state index >= 15 is 0 Å². The molecule has 0 radical (unpaired) electrons. The molecule has 2 aromatic rings. The van der Waals surface area contributed by atoms with Crippen LogP contribution in [0.5, 0.6) is 0 Å². The lowest BCUT2D eigenvalue weighted by Gasteiger charge is -2.07. The Balaban J connectivity index is 2.32. The number of anilines is 1. The van der Waals surface area contributed by atoms with E-state index < -0.39 is 0 Å². The number of rotatable bonds is 3. The second kappa shape index (κ2) is 3.90. The van der Waals surface area contributed by atoms with Gasteiger partial charge in [0.1, 0.15) is 0 Å². The number of nitrogens with one attached hydrogen (secondary N) is 1. The molecule has 0 bridgehead atoms.